The first-order valence-electron chi connectivity index (χ1n) is 10.5. The number of nitrogens with one attached hydrogen (secondary N) is 1. The minimum atomic E-state index is -0.0308. The van der Waals surface area contributed by atoms with Crippen LogP contribution in [0.15, 0.2) is 60.9 Å². The summed E-state index contributed by atoms with van der Waals surface area (Å²) in [5.74, 6) is 1.27. The van der Waals surface area contributed by atoms with Crippen molar-refractivity contribution >= 4 is 16.8 Å². The number of ether oxygens (including phenoxy) is 2. The summed E-state index contributed by atoms with van der Waals surface area (Å²) in [6.07, 6.45) is 3.48. The van der Waals surface area contributed by atoms with Crippen LogP contribution in [0.2, 0.25) is 0 Å². The van der Waals surface area contributed by atoms with Crippen LogP contribution in [0.5, 0.6) is 11.5 Å². The molecule has 4 rings (SSSR count). The van der Waals surface area contributed by atoms with Crippen molar-refractivity contribution in [3.05, 3.63) is 88.9 Å². The number of pyridine rings is 1. The summed E-state index contributed by atoms with van der Waals surface area (Å²) in [7, 11) is 3.22. The summed E-state index contributed by atoms with van der Waals surface area (Å²) in [6, 6.07) is 15.4. The monoisotopic (exact) mass is 429 g/mol. The molecule has 0 bridgehead atoms. The molecule has 0 radical (unpaired) electrons. The molecule has 164 valence electrons. The van der Waals surface area contributed by atoms with Crippen LogP contribution in [0.3, 0.4) is 0 Å². The van der Waals surface area contributed by atoms with Crippen LogP contribution in [0.4, 0.5) is 0 Å². The highest BCUT2D eigenvalue weighted by Crippen LogP contribution is 2.29. The van der Waals surface area contributed by atoms with Crippen molar-refractivity contribution < 1.29 is 14.3 Å². The fraction of sp³-hybridized carbons (Fsp3) is 0.231. The molecule has 0 aliphatic rings. The van der Waals surface area contributed by atoms with Crippen LogP contribution in [0, 0.1) is 13.8 Å². The molecule has 1 amide bonds. The zero-order valence-corrected chi connectivity index (χ0v) is 18.8. The minimum Gasteiger partial charge on any atom is -0.493 e. The van der Waals surface area contributed by atoms with Crippen LogP contribution in [0.25, 0.3) is 10.9 Å². The molecule has 6 heteroatoms. The van der Waals surface area contributed by atoms with E-state index in [2.05, 4.69) is 16.9 Å². The van der Waals surface area contributed by atoms with Gasteiger partial charge in [0.15, 0.2) is 11.5 Å². The summed E-state index contributed by atoms with van der Waals surface area (Å²) in [5, 5.41) is 1.07. The second kappa shape index (κ2) is 9.14. The Balaban J connectivity index is 1.69. The van der Waals surface area contributed by atoms with Crippen molar-refractivity contribution in [2.24, 2.45) is 0 Å². The first-order chi connectivity index (χ1) is 15.5. The van der Waals surface area contributed by atoms with Crippen molar-refractivity contribution in [1.29, 1.82) is 0 Å². The van der Waals surface area contributed by atoms with Gasteiger partial charge in [0.2, 0.25) is 0 Å². The molecule has 0 aliphatic heterocycles. The molecule has 6 nitrogen and oxygen atoms in total. The van der Waals surface area contributed by atoms with Gasteiger partial charge in [0.1, 0.15) is 0 Å². The summed E-state index contributed by atoms with van der Waals surface area (Å²) in [4.78, 5) is 22.9. The number of aromatic amines is 1. The largest absolute Gasteiger partial charge is 0.493 e. The lowest BCUT2D eigenvalue weighted by Crippen LogP contribution is -2.30. The Bertz CT molecular complexity index is 1250. The number of H-pyrrole nitrogens is 1. The topological polar surface area (TPSA) is 67.5 Å². The number of hydrogen-bond donors (Lipinski definition) is 1. The molecular formula is C26H27N3O3. The Morgan fingerprint density at radius 3 is 2.34 bits per heavy atom. The van der Waals surface area contributed by atoms with Crippen molar-refractivity contribution in [3.8, 4) is 11.5 Å². The molecule has 0 saturated heterocycles. The van der Waals surface area contributed by atoms with E-state index in [0.29, 0.717) is 30.2 Å². The SMILES string of the molecule is COc1ccc(CN(Cc2ccncc2)C(=O)c2ccc3[nH]c(C)c(C)c3c2)cc1OC. The molecule has 4 aromatic rings. The number of methoxy groups -OCH3 is 2. The number of rotatable bonds is 7. The van der Waals surface area contributed by atoms with Gasteiger partial charge in [-0.25, -0.2) is 0 Å². The molecule has 32 heavy (non-hydrogen) atoms. The maximum atomic E-state index is 13.6. The lowest BCUT2D eigenvalue weighted by atomic mass is 10.1. The lowest BCUT2D eigenvalue weighted by molar-refractivity contribution is 0.0730. The van der Waals surface area contributed by atoms with Gasteiger partial charge >= 0.3 is 0 Å². The maximum Gasteiger partial charge on any atom is 0.254 e. The van der Waals surface area contributed by atoms with E-state index in [9.17, 15) is 4.79 Å². The highest BCUT2D eigenvalue weighted by molar-refractivity contribution is 5.99. The summed E-state index contributed by atoms with van der Waals surface area (Å²) in [5.41, 5.74) is 5.95. The van der Waals surface area contributed by atoms with E-state index in [4.69, 9.17) is 9.47 Å². The predicted molar refractivity (Wildman–Crippen MR) is 125 cm³/mol. The normalized spacial score (nSPS) is 10.9. The first kappa shape index (κ1) is 21.4. The highest BCUT2D eigenvalue weighted by Gasteiger charge is 2.19. The molecule has 0 atom stereocenters. The van der Waals surface area contributed by atoms with E-state index in [-0.39, 0.29) is 5.91 Å². The summed E-state index contributed by atoms with van der Waals surface area (Å²) >= 11 is 0. The first-order valence-corrected chi connectivity index (χ1v) is 10.5. The number of carbonyl (C=O) groups excluding carboxylic acids is 1. The molecule has 0 unspecified atom stereocenters. The highest BCUT2D eigenvalue weighted by atomic mass is 16.5. The Kier molecular flexibility index (Phi) is 6.12. The van der Waals surface area contributed by atoms with Gasteiger partial charge < -0.3 is 19.4 Å². The van der Waals surface area contributed by atoms with Crippen LogP contribution < -0.4 is 9.47 Å². The number of hydrogen-bond acceptors (Lipinski definition) is 4. The number of benzene rings is 2. The van der Waals surface area contributed by atoms with Gasteiger partial charge in [-0.2, -0.15) is 0 Å². The quantitative estimate of drug-likeness (QED) is 0.447. The molecular weight excluding hydrogens is 402 g/mol. The van der Waals surface area contributed by atoms with E-state index >= 15 is 0 Å². The van der Waals surface area contributed by atoms with Crippen LogP contribution in [-0.4, -0.2) is 35.0 Å². The van der Waals surface area contributed by atoms with Gasteiger partial charge in [-0.3, -0.25) is 9.78 Å². The van der Waals surface area contributed by atoms with Gasteiger partial charge in [-0.15, -0.1) is 0 Å². The fourth-order valence-corrected chi connectivity index (χ4v) is 3.88. The number of aromatic nitrogens is 2. The van der Waals surface area contributed by atoms with Gasteiger partial charge in [0.25, 0.3) is 5.91 Å². The molecule has 2 heterocycles. The molecule has 0 saturated carbocycles. The van der Waals surface area contributed by atoms with Gasteiger partial charge in [0, 0.05) is 47.6 Å². The molecule has 0 spiro atoms. The molecule has 1 N–H and O–H groups in total. The van der Waals surface area contributed by atoms with Gasteiger partial charge in [-0.1, -0.05) is 6.07 Å². The minimum absolute atomic E-state index is 0.0308. The standard InChI is InChI=1S/C26H27N3O3/c1-17-18(2)28-23-7-6-21(14-22(17)23)26(30)29(15-19-9-11-27-12-10-19)16-20-5-8-24(31-3)25(13-20)32-4/h5-14,28H,15-16H2,1-4H3. The molecule has 2 aromatic carbocycles. The second-order valence-electron chi connectivity index (χ2n) is 7.84. The van der Waals surface area contributed by atoms with Crippen molar-refractivity contribution in [3.63, 3.8) is 0 Å². The third-order valence-electron chi connectivity index (χ3n) is 5.79. The zero-order chi connectivity index (χ0) is 22.7. The predicted octanol–water partition coefficient (Wildman–Crippen LogP) is 5.04. The van der Waals surface area contributed by atoms with Crippen LogP contribution in [-0.2, 0) is 13.1 Å². The number of nitrogens with zero attached hydrogens (tertiary/aromatic N) is 2. The second-order valence-corrected chi connectivity index (χ2v) is 7.84. The Morgan fingerprint density at radius 2 is 1.62 bits per heavy atom. The van der Waals surface area contributed by atoms with E-state index in [1.165, 1.54) is 0 Å². The zero-order valence-electron chi connectivity index (χ0n) is 18.8. The van der Waals surface area contributed by atoms with E-state index in [1.54, 1.807) is 26.6 Å². The average Bonchev–Trinajstić information content (AvgIpc) is 3.11. The van der Waals surface area contributed by atoms with Crippen LogP contribution in [0.1, 0.15) is 32.7 Å². The Morgan fingerprint density at radius 1 is 0.906 bits per heavy atom. The van der Waals surface area contributed by atoms with Crippen molar-refractivity contribution in [2.45, 2.75) is 26.9 Å². The summed E-state index contributed by atoms with van der Waals surface area (Å²) in [6.45, 7) is 5.02. The van der Waals surface area contributed by atoms with Crippen LogP contribution >= 0.6 is 0 Å². The average molecular weight is 430 g/mol. The molecule has 0 aliphatic carbocycles. The Hall–Kier alpha value is -3.80. The summed E-state index contributed by atoms with van der Waals surface area (Å²) < 4.78 is 10.8. The third-order valence-corrected chi connectivity index (χ3v) is 5.79. The van der Waals surface area contributed by atoms with Crippen molar-refractivity contribution in [2.75, 3.05) is 14.2 Å². The number of fused-ring (bicyclic) bond motifs is 1. The van der Waals surface area contributed by atoms with E-state index in [0.717, 1.165) is 33.3 Å². The number of amides is 1. The Labute approximate surface area is 187 Å². The number of aryl methyl sites for hydroxylation is 2. The molecule has 0 fully saturated rings. The lowest BCUT2D eigenvalue weighted by Gasteiger charge is -2.24. The fourth-order valence-electron chi connectivity index (χ4n) is 3.88. The van der Waals surface area contributed by atoms with E-state index in [1.807, 2.05) is 60.4 Å². The van der Waals surface area contributed by atoms with Gasteiger partial charge in [0.05, 0.1) is 14.2 Å². The van der Waals surface area contributed by atoms with Gasteiger partial charge in [-0.05, 0) is 73.0 Å². The number of carbonyl (C=O) groups is 1. The maximum absolute atomic E-state index is 13.6. The smallest absolute Gasteiger partial charge is 0.254 e. The van der Waals surface area contributed by atoms with Crippen molar-refractivity contribution in [1.82, 2.24) is 14.9 Å². The third kappa shape index (κ3) is 4.30. The molecule has 2 aromatic heterocycles. The van der Waals surface area contributed by atoms with E-state index < -0.39 is 0 Å².